The smallest absolute Gasteiger partial charge is 0.191 e. The average molecular weight is 537 g/mol. The number of aromatic nitrogens is 1. The zero-order chi connectivity index (χ0) is 21.2. The third-order valence-electron chi connectivity index (χ3n) is 4.98. The zero-order valence-corrected chi connectivity index (χ0v) is 20.8. The van der Waals surface area contributed by atoms with Gasteiger partial charge in [-0.1, -0.05) is 23.4 Å². The highest BCUT2D eigenvalue weighted by molar-refractivity contribution is 14.0. The lowest BCUT2D eigenvalue weighted by Gasteiger charge is -2.19. The number of anilines is 1. The average Bonchev–Trinajstić information content (AvgIpc) is 3.39. The number of nitrogens with one attached hydrogen (secondary N) is 2. The van der Waals surface area contributed by atoms with Crippen molar-refractivity contribution in [3.8, 4) is 0 Å². The van der Waals surface area contributed by atoms with Crippen molar-refractivity contribution >= 4 is 35.6 Å². The van der Waals surface area contributed by atoms with E-state index >= 15 is 0 Å². The molecule has 0 aliphatic carbocycles. The summed E-state index contributed by atoms with van der Waals surface area (Å²) in [6.07, 6.45) is 3.49. The number of hydrogen-bond acceptors (Lipinski definition) is 5. The second-order valence-electron chi connectivity index (χ2n) is 7.26. The van der Waals surface area contributed by atoms with E-state index in [0.29, 0.717) is 6.54 Å². The van der Waals surface area contributed by atoms with Crippen LogP contribution in [-0.4, -0.2) is 37.8 Å². The molecule has 0 amide bonds. The second-order valence-corrected chi connectivity index (χ2v) is 7.26. The van der Waals surface area contributed by atoms with Crippen LogP contribution >= 0.6 is 24.0 Å². The molecular formula is C23H32IN5O2. The van der Waals surface area contributed by atoms with Gasteiger partial charge in [0.25, 0.3) is 0 Å². The van der Waals surface area contributed by atoms with E-state index in [1.807, 2.05) is 32.0 Å². The first-order valence-corrected chi connectivity index (χ1v) is 10.4. The third-order valence-corrected chi connectivity index (χ3v) is 4.98. The molecular weight excluding hydrogens is 505 g/mol. The number of guanidine groups is 1. The number of benzene rings is 1. The molecule has 3 rings (SSSR count). The van der Waals surface area contributed by atoms with Gasteiger partial charge in [-0.2, -0.15) is 0 Å². The van der Waals surface area contributed by atoms with Crippen LogP contribution in [0, 0.1) is 13.8 Å². The van der Waals surface area contributed by atoms with Crippen molar-refractivity contribution in [2.24, 2.45) is 4.99 Å². The van der Waals surface area contributed by atoms with Crippen LogP contribution in [-0.2, 0) is 13.0 Å². The Labute approximate surface area is 201 Å². The van der Waals surface area contributed by atoms with Crippen LogP contribution in [0.1, 0.15) is 29.2 Å². The van der Waals surface area contributed by atoms with Gasteiger partial charge in [0.05, 0.1) is 18.5 Å². The van der Waals surface area contributed by atoms with Gasteiger partial charge < -0.3 is 24.5 Å². The Kier molecular flexibility index (Phi) is 10.4. The number of halogens is 1. The van der Waals surface area contributed by atoms with Crippen molar-refractivity contribution in [1.82, 2.24) is 15.8 Å². The molecule has 0 fully saturated rings. The number of aliphatic imine (C=N–C) groups is 1. The number of furan rings is 1. The van der Waals surface area contributed by atoms with E-state index in [-0.39, 0.29) is 24.0 Å². The summed E-state index contributed by atoms with van der Waals surface area (Å²) in [6.45, 7) is 6.91. The summed E-state index contributed by atoms with van der Waals surface area (Å²) in [5, 5.41) is 10.8. The first-order chi connectivity index (χ1) is 14.6. The molecule has 0 saturated heterocycles. The van der Waals surface area contributed by atoms with Crippen LogP contribution in [0.2, 0.25) is 0 Å². The van der Waals surface area contributed by atoms with Gasteiger partial charge in [0.1, 0.15) is 11.5 Å². The number of nitrogens with zero attached hydrogens (tertiary/aromatic N) is 3. The van der Waals surface area contributed by atoms with Crippen LogP contribution in [0.4, 0.5) is 5.69 Å². The van der Waals surface area contributed by atoms with Gasteiger partial charge in [-0.25, -0.2) is 4.99 Å². The predicted octanol–water partition coefficient (Wildman–Crippen LogP) is 4.31. The Hall–Kier alpha value is -2.49. The third kappa shape index (κ3) is 7.93. The number of aryl methyl sites for hydroxylation is 2. The molecule has 8 heteroatoms. The molecule has 31 heavy (non-hydrogen) atoms. The number of hydrogen-bond donors (Lipinski definition) is 2. The van der Waals surface area contributed by atoms with E-state index in [2.05, 4.69) is 52.0 Å². The number of para-hydroxylation sites is 1. The fourth-order valence-corrected chi connectivity index (χ4v) is 3.15. The van der Waals surface area contributed by atoms with Crippen molar-refractivity contribution in [1.29, 1.82) is 0 Å². The maximum absolute atomic E-state index is 5.41. The molecule has 0 unspecified atom stereocenters. The van der Waals surface area contributed by atoms with E-state index in [4.69, 9.17) is 13.9 Å². The van der Waals surface area contributed by atoms with E-state index in [9.17, 15) is 0 Å². The van der Waals surface area contributed by atoms with E-state index in [1.54, 1.807) is 6.26 Å². The SMILES string of the molecule is Cc1noc(C)c1CN=C(NCCCN(C)c1ccccc1)NCCc1ccco1.I. The van der Waals surface area contributed by atoms with Crippen LogP contribution in [0.5, 0.6) is 0 Å². The van der Waals surface area contributed by atoms with E-state index in [1.165, 1.54) is 5.69 Å². The first-order valence-electron chi connectivity index (χ1n) is 10.4. The second kappa shape index (κ2) is 13.0. The van der Waals surface area contributed by atoms with Crippen molar-refractivity contribution in [2.75, 3.05) is 31.6 Å². The molecule has 2 aromatic heterocycles. The molecule has 0 radical (unpaired) electrons. The van der Waals surface area contributed by atoms with Crippen LogP contribution in [0.25, 0.3) is 0 Å². The monoisotopic (exact) mass is 537 g/mol. The Bertz CT molecular complexity index is 890. The lowest BCUT2D eigenvalue weighted by molar-refractivity contribution is 0.392. The van der Waals surface area contributed by atoms with Crippen molar-refractivity contribution in [3.05, 3.63) is 71.5 Å². The maximum Gasteiger partial charge on any atom is 0.191 e. The van der Waals surface area contributed by atoms with Crippen molar-refractivity contribution in [2.45, 2.75) is 33.2 Å². The minimum absolute atomic E-state index is 0. The van der Waals surface area contributed by atoms with Crippen LogP contribution in [0.15, 0.2) is 62.7 Å². The predicted molar refractivity (Wildman–Crippen MR) is 135 cm³/mol. The summed E-state index contributed by atoms with van der Waals surface area (Å²) in [4.78, 5) is 6.99. The Morgan fingerprint density at radius 3 is 2.52 bits per heavy atom. The first kappa shape index (κ1) is 24.8. The van der Waals surface area contributed by atoms with Crippen LogP contribution in [0.3, 0.4) is 0 Å². The summed E-state index contributed by atoms with van der Waals surface area (Å²) in [5.41, 5.74) is 3.14. The quantitative estimate of drug-likeness (QED) is 0.174. The molecule has 0 bridgehead atoms. The van der Waals surface area contributed by atoms with Gasteiger partial charge in [-0.15, -0.1) is 24.0 Å². The van der Waals surface area contributed by atoms with Gasteiger partial charge in [-0.3, -0.25) is 0 Å². The zero-order valence-electron chi connectivity index (χ0n) is 18.4. The minimum Gasteiger partial charge on any atom is -0.469 e. The Morgan fingerprint density at radius 2 is 1.84 bits per heavy atom. The highest BCUT2D eigenvalue weighted by Crippen LogP contribution is 2.13. The van der Waals surface area contributed by atoms with E-state index < -0.39 is 0 Å². The molecule has 3 aromatic rings. The molecule has 2 N–H and O–H groups in total. The fourth-order valence-electron chi connectivity index (χ4n) is 3.15. The van der Waals surface area contributed by atoms with Gasteiger partial charge in [-0.05, 0) is 44.5 Å². The fraction of sp³-hybridized carbons (Fsp3) is 0.391. The topological polar surface area (TPSA) is 78.8 Å². The molecule has 2 heterocycles. The van der Waals surface area contributed by atoms with Gasteiger partial charge in [0, 0.05) is 44.4 Å². The van der Waals surface area contributed by atoms with Crippen molar-refractivity contribution in [3.63, 3.8) is 0 Å². The summed E-state index contributed by atoms with van der Waals surface area (Å²) >= 11 is 0. The van der Waals surface area contributed by atoms with Gasteiger partial charge >= 0.3 is 0 Å². The number of rotatable bonds is 10. The molecule has 0 aliphatic heterocycles. The highest BCUT2D eigenvalue weighted by atomic mass is 127. The molecule has 1 aromatic carbocycles. The molecule has 0 atom stereocenters. The maximum atomic E-state index is 5.41. The van der Waals surface area contributed by atoms with Gasteiger partial charge in [0.15, 0.2) is 5.96 Å². The van der Waals surface area contributed by atoms with Crippen LogP contribution < -0.4 is 15.5 Å². The Morgan fingerprint density at radius 1 is 1.06 bits per heavy atom. The molecule has 0 saturated carbocycles. The minimum atomic E-state index is 0. The van der Waals surface area contributed by atoms with Gasteiger partial charge in [0.2, 0.25) is 0 Å². The molecule has 0 aliphatic rings. The summed E-state index contributed by atoms with van der Waals surface area (Å²) < 4.78 is 10.7. The summed E-state index contributed by atoms with van der Waals surface area (Å²) in [7, 11) is 2.11. The van der Waals surface area contributed by atoms with E-state index in [0.717, 1.165) is 61.2 Å². The largest absolute Gasteiger partial charge is 0.469 e. The lowest BCUT2D eigenvalue weighted by atomic mass is 10.2. The molecule has 168 valence electrons. The Balaban J connectivity index is 0.00000341. The normalized spacial score (nSPS) is 11.1. The molecule has 7 nitrogen and oxygen atoms in total. The summed E-state index contributed by atoms with van der Waals surface area (Å²) in [6, 6.07) is 14.3. The highest BCUT2D eigenvalue weighted by Gasteiger charge is 2.09. The lowest BCUT2D eigenvalue weighted by Crippen LogP contribution is -2.39. The summed E-state index contributed by atoms with van der Waals surface area (Å²) in [5.74, 6) is 2.55. The van der Waals surface area contributed by atoms with Crippen molar-refractivity contribution < 1.29 is 8.94 Å². The molecule has 0 spiro atoms. The standard InChI is InChI=1S/C23H31N5O2.HI/c1-18-22(19(2)30-27-18)17-26-23(25-14-12-21-11-7-16-29-21)24-13-8-15-28(3)20-9-5-4-6-10-20;/h4-7,9-11,16H,8,12-15,17H2,1-3H3,(H2,24,25,26);1H.